The van der Waals surface area contributed by atoms with Crippen LogP contribution >= 0.6 is 11.3 Å². The third kappa shape index (κ3) is 3.85. The Bertz CT molecular complexity index is 684. The number of carbonyl (C=O) groups excluding carboxylic acids is 1. The van der Waals surface area contributed by atoms with Crippen LogP contribution in [0.1, 0.15) is 40.7 Å². The van der Waals surface area contributed by atoms with E-state index in [1.165, 1.54) is 0 Å². The van der Waals surface area contributed by atoms with E-state index >= 15 is 0 Å². The molecule has 3 rings (SSSR count). The SMILES string of the molecule is CC(C)Cc1nc(NCCc2nccs2)c2c(n1)C(=O)NCC2. The summed E-state index contributed by atoms with van der Waals surface area (Å²) in [5.74, 6) is 1.88. The lowest BCUT2D eigenvalue weighted by atomic mass is 10.0. The van der Waals surface area contributed by atoms with E-state index in [-0.39, 0.29) is 5.91 Å². The molecule has 0 saturated carbocycles. The van der Waals surface area contributed by atoms with Crippen molar-refractivity contribution in [3.8, 4) is 0 Å². The number of aromatic nitrogens is 3. The minimum absolute atomic E-state index is 0.0957. The highest BCUT2D eigenvalue weighted by molar-refractivity contribution is 7.09. The van der Waals surface area contributed by atoms with Crippen molar-refractivity contribution >= 4 is 23.1 Å². The van der Waals surface area contributed by atoms with E-state index in [0.29, 0.717) is 18.2 Å². The van der Waals surface area contributed by atoms with Crippen molar-refractivity contribution in [2.24, 2.45) is 5.92 Å². The van der Waals surface area contributed by atoms with Crippen molar-refractivity contribution in [1.29, 1.82) is 0 Å². The number of nitrogens with zero attached hydrogens (tertiary/aromatic N) is 3. The smallest absolute Gasteiger partial charge is 0.270 e. The van der Waals surface area contributed by atoms with Gasteiger partial charge in [-0.05, 0) is 12.3 Å². The Kier molecular flexibility index (Phi) is 4.85. The molecule has 1 amide bonds. The Morgan fingerprint density at radius 2 is 2.26 bits per heavy atom. The molecule has 2 N–H and O–H groups in total. The van der Waals surface area contributed by atoms with Crippen molar-refractivity contribution in [3.63, 3.8) is 0 Å². The van der Waals surface area contributed by atoms with Gasteiger partial charge in [0.15, 0.2) is 0 Å². The van der Waals surface area contributed by atoms with Crippen LogP contribution in [0.4, 0.5) is 5.82 Å². The van der Waals surface area contributed by atoms with Gasteiger partial charge in [0.2, 0.25) is 0 Å². The van der Waals surface area contributed by atoms with Crippen LogP contribution in [0.3, 0.4) is 0 Å². The second-order valence-corrected chi connectivity index (χ2v) is 7.00. The van der Waals surface area contributed by atoms with Crippen LogP contribution in [0.15, 0.2) is 11.6 Å². The molecule has 0 unspecified atom stereocenters. The Morgan fingerprint density at radius 1 is 1.39 bits per heavy atom. The molecule has 1 aliphatic heterocycles. The molecule has 0 fully saturated rings. The van der Waals surface area contributed by atoms with Crippen molar-refractivity contribution in [3.05, 3.63) is 33.7 Å². The fourth-order valence-corrected chi connectivity index (χ4v) is 3.23. The predicted octanol–water partition coefficient (Wildman–Crippen LogP) is 2.07. The summed E-state index contributed by atoms with van der Waals surface area (Å²) in [6.45, 7) is 5.64. The molecular formula is C16H21N5OS. The van der Waals surface area contributed by atoms with Gasteiger partial charge in [0.05, 0.1) is 5.01 Å². The van der Waals surface area contributed by atoms with Gasteiger partial charge in [-0.2, -0.15) is 0 Å². The number of hydrogen-bond acceptors (Lipinski definition) is 6. The summed E-state index contributed by atoms with van der Waals surface area (Å²) >= 11 is 1.65. The van der Waals surface area contributed by atoms with Gasteiger partial charge in [-0.15, -0.1) is 11.3 Å². The van der Waals surface area contributed by atoms with Gasteiger partial charge < -0.3 is 10.6 Å². The molecule has 0 radical (unpaired) electrons. The summed E-state index contributed by atoms with van der Waals surface area (Å²) in [5.41, 5.74) is 1.46. The van der Waals surface area contributed by atoms with Crippen molar-refractivity contribution in [2.45, 2.75) is 33.1 Å². The lowest BCUT2D eigenvalue weighted by Gasteiger charge is -2.20. The molecule has 0 atom stereocenters. The average Bonchev–Trinajstić information content (AvgIpc) is 3.01. The standard InChI is InChI=1S/C16H21N5OS/c1-10(2)9-12-20-14-11(3-5-19-16(14)22)15(21-12)18-6-4-13-17-7-8-23-13/h7-8,10H,3-6,9H2,1-2H3,(H,19,22)(H,18,20,21). The Labute approximate surface area is 139 Å². The highest BCUT2D eigenvalue weighted by atomic mass is 32.1. The Morgan fingerprint density at radius 3 is 3.00 bits per heavy atom. The lowest BCUT2D eigenvalue weighted by molar-refractivity contribution is 0.0940. The van der Waals surface area contributed by atoms with E-state index in [0.717, 1.165) is 48.0 Å². The fourth-order valence-electron chi connectivity index (χ4n) is 2.61. The number of fused-ring (bicyclic) bond motifs is 1. The van der Waals surface area contributed by atoms with Gasteiger partial charge in [0, 0.05) is 43.1 Å². The second-order valence-electron chi connectivity index (χ2n) is 6.02. The first-order valence-corrected chi connectivity index (χ1v) is 8.81. The first-order chi connectivity index (χ1) is 11.1. The highest BCUT2D eigenvalue weighted by Gasteiger charge is 2.23. The van der Waals surface area contributed by atoms with E-state index in [2.05, 4.69) is 39.4 Å². The number of amides is 1. The molecule has 0 aliphatic carbocycles. The Balaban J connectivity index is 1.81. The molecule has 0 bridgehead atoms. The third-order valence-electron chi connectivity index (χ3n) is 3.63. The summed E-state index contributed by atoms with van der Waals surface area (Å²) in [6.07, 6.45) is 4.20. The number of thiazole rings is 1. The molecule has 0 spiro atoms. The molecule has 23 heavy (non-hydrogen) atoms. The number of nitrogens with one attached hydrogen (secondary N) is 2. The molecule has 122 valence electrons. The topological polar surface area (TPSA) is 79.8 Å². The van der Waals surface area contributed by atoms with Crippen LogP contribution in [0.5, 0.6) is 0 Å². The minimum atomic E-state index is -0.0957. The van der Waals surface area contributed by atoms with Gasteiger partial charge in [-0.1, -0.05) is 13.8 Å². The normalized spacial score (nSPS) is 13.8. The van der Waals surface area contributed by atoms with Crippen molar-refractivity contribution in [2.75, 3.05) is 18.4 Å². The van der Waals surface area contributed by atoms with Gasteiger partial charge in [0.25, 0.3) is 5.91 Å². The summed E-state index contributed by atoms with van der Waals surface area (Å²) in [5, 5.41) is 9.32. The number of rotatable bonds is 6. The zero-order valence-corrected chi connectivity index (χ0v) is 14.2. The number of carbonyl (C=O) groups is 1. The monoisotopic (exact) mass is 331 g/mol. The summed E-state index contributed by atoms with van der Waals surface area (Å²) in [7, 11) is 0. The molecule has 1 aliphatic rings. The quantitative estimate of drug-likeness (QED) is 0.847. The molecule has 3 heterocycles. The van der Waals surface area contributed by atoms with E-state index in [4.69, 9.17) is 0 Å². The van der Waals surface area contributed by atoms with E-state index < -0.39 is 0 Å². The molecule has 2 aromatic rings. The Hall–Kier alpha value is -2.02. The minimum Gasteiger partial charge on any atom is -0.369 e. The van der Waals surface area contributed by atoms with Crippen molar-refractivity contribution < 1.29 is 4.79 Å². The summed E-state index contributed by atoms with van der Waals surface area (Å²) < 4.78 is 0. The molecule has 7 heteroatoms. The van der Waals surface area contributed by atoms with Gasteiger partial charge >= 0.3 is 0 Å². The maximum Gasteiger partial charge on any atom is 0.270 e. The molecular weight excluding hydrogens is 310 g/mol. The van der Waals surface area contributed by atoms with E-state index in [1.807, 2.05) is 11.6 Å². The van der Waals surface area contributed by atoms with Crippen LogP contribution in [0.2, 0.25) is 0 Å². The average molecular weight is 331 g/mol. The van der Waals surface area contributed by atoms with Gasteiger partial charge in [-0.3, -0.25) is 4.79 Å². The largest absolute Gasteiger partial charge is 0.369 e. The number of anilines is 1. The van der Waals surface area contributed by atoms with Crippen LogP contribution in [-0.4, -0.2) is 33.9 Å². The van der Waals surface area contributed by atoms with Crippen LogP contribution in [-0.2, 0) is 19.3 Å². The maximum atomic E-state index is 12.1. The second kappa shape index (κ2) is 7.04. The predicted molar refractivity (Wildman–Crippen MR) is 90.9 cm³/mol. The van der Waals surface area contributed by atoms with Crippen LogP contribution in [0.25, 0.3) is 0 Å². The lowest BCUT2D eigenvalue weighted by Crippen LogP contribution is -2.34. The summed E-state index contributed by atoms with van der Waals surface area (Å²) in [4.78, 5) is 25.5. The van der Waals surface area contributed by atoms with Crippen LogP contribution in [0, 0.1) is 5.92 Å². The molecule has 6 nitrogen and oxygen atoms in total. The first kappa shape index (κ1) is 15.9. The van der Waals surface area contributed by atoms with E-state index in [1.54, 1.807) is 11.3 Å². The van der Waals surface area contributed by atoms with E-state index in [9.17, 15) is 4.79 Å². The van der Waals surface area contributed by atoms with Gasteiger partial charge in [0.1, 0.15) is 17.3 Å². The number of hydrogen-bond donors (Lipinski definition) is 2. The van der Waals surface area contributed by atoms with Crippen molar-refractivity contribution in [1.82, 2.24) is 20.3 Å². The first-order valence-electron chi connectivity index (χ1n) is 7.93. The molecule has 2 aromatic heterocycles. The third-order valence-corrected chi connectivity index (χ3v) is 4.47. The fraction of sp³-hybridized carbons (Fsp3) is 0.500. The zero-order valence-electron chi connectivity index (χ0n) is 13.4. The maximum absolute atomic E-state index is 12.1. The van der Waals surface area contributed by atoms with Crippen LogP contribution < -0.4 is 10.6 Å². The zero-order chi connectivity index (χ0) is 16.2. The highest BCUT2D eigenvalue weighted by Crippen LogP contribution is 2.21. The van der Waals surface area contributed by atoms with Gasteiger partial charge in [-0.25, -0.2) is 15.0 Å². The summed E-state index contributed by atoms with van der Waals surface area (Å²) in [6, 6.07) is 0. The molecule has 0 saturated heterocycles. The molecule has 0 aromatic carbocycles.